The molecule has 0 saturated carbocycles. The Kier molecular flexibility index (Phi) is 7.37. The molecule has 8 heteroatoms. The molecule has 2 aromatic rings. The van der Waals surface area contributed by atoms with Crippen LogP contribution in [-0.4, -0.2) is 46.0 Å². The fourth-order valence-corrected chi connectivity index (χ4v) is 5.79. The number of hydrogen-bond donors (Lipinski definition) is 0. The fourth-order valence-electron chi connectivity index (χ4n) is 4.83. The van der Waals surface area contributed by atoms with Crippen LogP contribution < -0.4 is 4.74 Å². The van der Waals surface area contributed by atoms with Gasteiger partial charge in [0, 0.05) is 18.8 Å². The minimum Gasteiger partial charge on any atom is -0.459 e. The summed E-state index contributed by atoms with van der Waals surface area (Å²) in [7, 11) is 0. The molecule has 0 aromatic heterocycles. The molecule has 5 rings (SSSR count). The van der Waals surface area contributed by atoms with Crippen LogP contribution in [0.1, 0.15) is 51.6 Å². The van der Waals surface area contributed by atoms with E-state index >= 15 is 0 Å². The molecule has 37 heavy (non-hydrogen) atoms. The van der Waals surface area contributed by atoms with E-state index in [-0.39, 0.29) is 18.4 Å². The zero-order valence-electron chi connectivity index (χ0n) is 21.3. The molecule has 0 N–H and O–H groups in total. The molecule has 0 spiro atoms. The molecule has 0 bridgehead atoms. The topological polar surface area (TPSA) is 71.4 Å². The number of amidine groups is 1. The average Bonchev–Trinajstić information content (AvgIpc) is 3.54. The number of fused-ring (bicyclic) bond motifs is 1. The van der Waals surface area contributed by atoms with Crippen molar-refractivity contribution in [2.24, 2.45) is 4.99 Å². The third-order valence-electron chi connectivity index (χ3n) is 6.51. The first-order chi connectivity index (χ1) is 17.9. The first-order valence-corrected chi connectivity index (χ1v) is 13.5. The lowest BCUT2D eigenvalue weighted by molar-refractivity contribution is -0.143. The van der Waals surface area contributed by atoms with Crippen LogP contribution in [0.15, 0.2) is 82.0 Å². The van der Waals surface area contributed by atoms with E-state index < -0.39 is 12.0 Å². The van der Waals surface area contributed by atoms with E-state index in [4.69, 9.17) is 14.5 Å². The molecule has 3 heterocycles. The maximum absolute atomic E-state index is 13.4. The Morgan fingerprint density at radius 3 is 2.51 bits per heavy atom. The highest BCUT2D eigenvalue weighted by Crippen LogP contribution is 2.45. The van der Waals surface area contributed by atoms with Gasteiger partial charge in [0.25, 0.3) is 0 Å². The quantitative estimate of drug-likeness (QED) is 0.419. The van der Waals surface area contributed by atoms with Crippen molar-refractivity contribution in [2.75, 3.05) is 13.1 Å². The van der Waals surface area contributed by atoms with Gasteiger partial charge in [-0.1, -0.05) is 42.1 Å². The highest BCUT2D eigenvalue weighted by atomic mass is 32.2. The molecule has 7 nitrogen and oxygen atoms in total. The van der Waals surface area contributed by atoms with Gasteiger partial charge in [0.1, 0.15) is 11.5 Å². The highest BCUT2D eigenvalue weighted by molar-refractivity contribution is 8.16. The number of benzene rings is 2. The van der Waals surface area contributed by atoms with E-state index in [0.29, 0.717) is 17.0 Å². The lowest BCUT2D eigenvalue weighted by Gasteiger charge is -2.36. The zero-order chi connectivity index (χ0) is 25.9. The van der Waals surface area contributed by atoms with Gasteiger partial charge in [-0.05, 0) is 68.8 Å². The minimum absolute atomic E-state index is 0.100. The molecule has 0 aliphatic carbocycles. The third kappa shape index (κ3) is 5.44. The summed E-state index contributed by atoms with van der Waals surface area (Å²) in [4.78, 5) is 35.2. The van der Waals surface area contributed by atoms with Crippen molar-refractivity contribution in [3.63, 3.8) is 0 Å². The van der Waals surface area contributed by atoms with Crippen LogP contribution in [0.2, 0.25) is 0 Å². The monoisotopic (exact) mass is 517 g/mol. The molecule has 3 aliphatic heterocycles. The van der Waals surface area contributed by atoms with E-state index in [1.807, 2.05) is 90.6 Å². The van der Waals surface area contributed by atoms with Gasteiger partial charge in [0.15, 0.2) is 5.17 Å². The predicted molar refractivity (Wildman–Crippen MR) is 145 cm³/mol. The summed E-state index contributed by atoms with van der Waals surface area (Å²) < 4.78 is 11.8. The highest BCUT2D eigenvalue weighted by Gasteiger charge is 2.41. The Morgan fingerprint density at radius 1 is 1.05 bits per heavy atom. The van der Waals surface area contributed by atoms with Gasteiger partial charge >= 0.3 is 5.97 Å². The zero-order valence-corrected chi connectivity index (χ0v) is 22.2. The van der Waals surface area contributed by atoms with E-state index in [9.17, 15) is 9.59 Å². The van der Waals surface area contributed by atoms with Gasteiger partial charge in [-0.25, -0.2) is 9.79 Å². The summed E-state index contributed by atoms with van der Waals surface area (Å²) in [6.07, 6.45) is 2.07. The number of carbonyl (C=O) groups excluding carboxylic acids is 2. The van der Waals surface area contributed by atoms with Gasteiger partial charge < -0.3 is 19.3 Å². The summed E-state index contributed by atoms with van der Waals surface area (Å²) in [5.74, 6) is 1.08. The Bertz CT molecular complexity index is 1280. The molecule has 1 saturated heterocycles. The maximum atomic E-state index is 13.4. The number of ether oxygens (including phenoxy) is 2. The van der Waals surface area contributed by atoms with Gasteiger partial charge in [0.05, 0.1) is 29.8 Å². The van der Waals surface area contributed by atoms with Crippen molar-refractivity contribution >= 4 is 28.8 Å². The SMILES string of the molecule is CC1=C(C(=O)OC(C)C)[C@@H](c2cccc(Oc3ccccc3)c2)N2C(CC(=O)N3CCCC3)=CSC2=N1. The Morgan fingerprint density at radius 2 is 1.78 bits per heavy atom. The summed E-state index contributed by atoms with van der Waals surface area (Å²) in [6, 6.07) is 16.8. The number of hydrogen-bond acceptors (Lipinski definition) is 7. The smallest absolute Gasteiger partial charge is 0.338 e. The standard InChI is InChI=1S/C29H31N3O4S/c1-19(2)35-28(34)26-20(3)30-29-32(22(18-37-29)17-25(33)31-14-7-8-15-31)27(26)21-10-9-13-24(16-21)36-23-11-5-4-6-12-23/h4-6,9-13,16,18-19,27H,7-8,14-15,17H2,1-3H3/t27-/m1/s1. The van der Waals surface area contributed by atoms with Gasteiger partial charge in [-0.2, -0.15) is 0 Å². The molecule has 3 aliphatic rings. The number of amides is 1. The molecule has 1 amide bonds. The number of allylic oxidation sites excluding steroid dienone is 1. The Labute approximate surface area is 221 Å². The number of carbonyl (C=O) groups is 2. The van der Waals surface area contributed by atoms with Crippen LogP contribution in [0.5, 0.6) is 11.5 Å². The van der Waals surface area contributed by atoms with Crippen molar-refractivity contribution < 1.29 is 19.1 Å². The van der Waals surface area contributed by atoms with Crippen LogP contribution in [0, 0.1) is 0 Å². The lowest BCUT2D eigenvalue weighted by Crippen LogP contribution is -2.38. The first kappa shape index (κ1) is 25.1. The van der Waals surface area contributed by atoms with Gasteiger partial charge in [-0.3, -0.25) is 4.79 Å². The first-order valence-electron chi connectivity index (χ1n) is 12.7. The summed E-state index contributed by atoms with van der Waals surface area (Å²) >= 11 is 1.48. The maximum Gasteiger partial charge on any atom is 0.338 e. The van der Waals surface area contributed by atoms with Crippen LogP contribution >= 0.6 is 11.8 Å². The summed E-state index contributed by atoms with van der Waals surface area (Å²) in [5.41, 5.74) is 2.78. The number of rotatable bonds is 7. The van der Waals surface area contributed by atoms with Crippen molar-refractivity contribution in [1.29, 1.82) is 0 Å². The molecule has 2 aromatic carbocycles. The molecular weight excluding hydrogens is 486 g/mol. The van der Waals surface area contributed by atoms with Crippen LogP contribution in [0.4, 0.5) is 0 Å². The van der Waals surface area contributed by atoms with Crippen molar-refractivity contribution in [3.8, 4) is 11.5 Å². The molecule has 1 atom stereocenters. The molecule has 1 fully saturated rings. The Balaban J connectivity index is 1.52. The largest absolute Gasteiger partial charge is 0.459 e. The van der Waals surface area contributed by atoms with Crippen LogP contribution in [0.25, 0.3) is 0 Å². The average molecular weight is 518 g/mol. The second-order valence-corrected chi connectivity index (χ2v) is 10.4. The number of likely N-dealkylation sites (tertiary alicyclic amines) is 1. The molecule has 0 radical (unpaired) electrons. The van der Waals surface area contributed by atoms with E-state index in [1.165, 1.54) is 11.8 Å². The second kappa shape index (κ2) is 10.8. The number of thioether (sulfide) groups is 1. The molecule has 0 unspecified atom stereocenters. The predicted octanol–water partition coefficient (Wildman–Crippen LogP) is 6.02. The molecular formula is C29H31N3O4S. The normalized spacial score (nSPS) is 19.1. The molecule has 192 valence electrons. The van der Waals surface area contributed by atoms with Crippen molar-refractivity contribution in [1.82, 2.24) is 9.80 Å². The van der Waals surface area contributed by atoms with Crippen LogP contribution in [0.3, 0.4) is 0 Å². The summed E-state index contributed by atoms with van der Waals surface area (Å²) in [5, 5.41) is 2.73. The van der Waals surface area contributed by atoms with E-state index in [2.05, 4.69) is 0 Å². The van der Waals surface area contributed by atoms with Gasteiger partial charge in [0.2, 0.25) is 5.91 Å². The second-order valence-electron chi connectivity index (χ2n) is 9.60. The van der Waals surface area contributed by atoms with Crippen molar-refractivity contribution in [2.45, 2.75) is 52.2 Å². The van der Waals surface area contributed by atoms with Gasteiger partial charge in [-0.15, -0.1) is 0 Å². The number of esters is 1. The fraction of sp³-hybridized carbons (Fsp3) is 0.345. The number of aliphatic imine (C=N–C) groups is 1. The van der Waals surface area contributed by atoms with Crippen LogP contribution in [-0.2, 0) is 14.3 Å². The third-order valence-corrected chi connectivity index (χ3v) is 7.40. The minimum atomic E-state index is -0.495. The van der Waals surface area contributed by atoms with E-state index in [1.54, 1.807) is 0 Å². The van der Waals surface area contributed by atoms with E-state index in [0.717, 1.165) is 48.1 Å². The van der Waals surface area contributed by atoms with Crippen molar-refractivity contribution in [3.05, 3.63) is 82.5 Å². The lowest BCUT2D eigenvalue weighted by atomic mass is 9.93. The summed E-state index contributed by atoms with van der Waals surface area (Å²) in [6.45, 7) is 7.11. The number of para-hydroxylation sites is 1. The Hall–Kier alpha value is -3.52. The number of nitrogens with zero attached hydrogens (tertiary/aromatic N) is 3.